The van der Waals surface area contributed by atoms with Crippen LogP contribution in [0.3, 0.4) is 0 Å². The normalized spacial score (nSPS) is 11.7. The number of hydrogen-bond donors (Lipinski definition) is 1. The summed E-state index contributed by atoms with van der Waals surface area (Å²) in [4.78, 5) is 24.1. The zero-order valence-electron chi connectivity index (χ0n) is 16.7. The van der Waals surface area contributed by atoms with Crippen LogP contribution in [-0.4, -0.2) is 20.9 Å². The lowest BCUT2D eigenvalue weighted by molar-refractivity contribution is -0.144. The maximum atomic E-state index is 12.3. The lowest BCUT2D eigenvalue weighted by Gasteiger charge is -2.10. The van der Waals surface area contributed by atoms with Gasteiger partial charge in [0.25, 0.3) is 0 Å². The fraction of sp³-hybridized carbons (Fsp3) is 0.130. The summed E-state index contributed by atoms with van der Waals surface area (Å²) in [6.07, 6.45) is -0.181. The van der Waals surface area contributed by atoms with E-state index in [0.29, 0.717) is 21.6 Å². The van der Waals surface area contributed by atoms with E-state index >= 15 is 0 Å². The third-order valence-corrected chi connectivity index (χ3v) is 6.52. The quantitative estimate of drug-likeness (QED) is 0.248. The van der Waals surface area contributed by atoms with Crippen molar-refractivity contribution >= 4 is 49.3 Å². The van der Waals surface area contributed by atoms with Gasteiger partial charge in [0.05, 0.1) is 11.3 Å². The van der Waals surface area contributed by atoms with E-state index in [1.807, 2.05) is 30.3 Å². The molecule has 0 atom stereocenters. The molecule has 1 N–H and O–H groups in total. The molecule has 0 amide bonds. The Bertz CT molecular complexity index is 1480. The summed E-state index contributed by atoms with van der Waals surface area (Å²) >= 11 is 5.83. The number of halogens is 1. The average molecular weight is 472 g/mol. The van der Waals surface area contributed by atoms with Crippen LogP contribution >= 0.6 is 11.6 Å². The molecule has 0 bridgehead atoms. The second-order valence-corrected chi connectivity index (χ2v) is 9.22. The lowest BCUT2D eigenvalue weighted by atomic mass is 10.0. The molecule has 0 saturated carbocycles. The van der Waals surface area contributed by atoms with Crippen molar-refractivity contribution in [3.63, 3.8) is 0 Å². The number of ether oxygens (including phenoxy) is 1. The van der Waals surface area contributed by atoms with Crippen molar-refractivity contribution in [1.82, 2.24) is 4.72 Å². The number of carbonyl (C=O) groups is 1. The minimum Gasteiger partial charge on any atom is -0.461 e. The standard InChI is InChI=1S/C23H18ClNO6S/c24-17-5-3-6-18(13-17)32(28,29)25-11-10-21(26)30-14-16-12-22(27)31-20-9-8-15-4-1-2-7-19(15)23(16)20/h1-9,12-13,25H,10-11,14H2. The van der Waals surface area contributed by atoms with Crippen molar-refractivity contribution in [3.8, 4) is 0 Å². The highest BCUT2D eigenvalue weighted by atomic mass is 35.5. The number of nitrogens with one attached hydrogen (secondary N) is 1. The SMILES string of the molecule is O=C(CCNS(=O)(=O)c1cccc(Cl)c1)OCc1cc(=O)oc2ccc3ccccc3c12. The highest BCUT2D eigenvalue weighted by molar-refractivity contribution is 7.89. The van der Waals surface area contributed by atoms with Crippen molar-refractivity contribution in [2.75, 3.05) is 6.54 Å². The maximum Gasteiger partial charge on any atom is 0.336 e. The number of carbonyl (C=O) groups excluding carboxylic acids is 1. The summed E-state index contributed by atoms with van der Waals surface area (Å²) in [7, 11) is -3.80. The lowest BCUT2D eigenvalue weighted by Crippen LogP contribution is -2.26. The molecule has 32 heavy (non-hydrogen) atoms. The van der Waals surface area contributed by atoms with E-state index in [2.05, 4.69) is 4.72 Å². The van der Waals surface area contributed by atoms with Crippen LogP contribution in [0.1, 0.15) is 12.0 Å². The molecule has 3 aromatic carbocycles. The number of rotatable bonds is 7. The molecular formula is C23H18ClNO6S. The third-order valence-electron chi connectivity index (χ3n) is 4.83. The minimum atomic E-state index is -3.80. The van der Waals surface area contributed by atoms with E-state index in [1.165, 1.54) is 24.3 Å². The zero-order chi connectivity index (χ0) is 22.7. The zero-order valence-corrected chi connectivity index (χ0v) is 18.3. The van der Waals surface area contributed by atoms with Crippen molar-refractivity contribution in [2.45, 2.75) is 17.9 Å². The third kappa shape index (κ3) is 4.83. The van der Waals surface area contributed by atoms with Crippen LogP contribution in [0, 0.1) is 0 Å². The molecule has 0 fully saturated rings. The van der Waals surface area contributed by atoms with Crippen LogP contribution in [0.15, 0.2) is 80.8 Å². The van der Waals surface area contributed by atoms with E-state index in [9.17, 15) is 18.0 Å². The number of hydrogen-bond acceptors (Lipinski definition) is 6. The Kier molecular flexibility index (Phi) is 6.27. The molecule has 0 spiro atoms. The topological polar surface area (TPSA) is 103 Å². The first-order valence-corrected chi connectivity index (χ1v) is 11.5. The molecule has 7 nitrogen and oxygen atoms in total. The molecule has 1 aromatic heterocycles. The van der Waals surface area contributed by atoms with Crippen molar-refractivity contribution in [1.29, 1.82) is 0 Å². The number of fused-ring (bicyclic) bond motifs is 3. The highest BCUT2D eigenvalue weighted by Gasteiger charge is 2.16. The molecular weight excluding hydrogens is 454 g/mol. The molecule has 1 heterocycles. The van der Waals surface area contributed by atoms with Crippen LogP contribution in [-0.2, 0) is 26.2 Å². The molecule has 4 aromatic rings. The van der Waals surface area contributed by atoms with Gasteiger partial charge in [0.1, 0.15) is 12.2 Å². The Morgan fingerprint density at radius 3 is 2.66 bits per heavy atom. The van der Waals surface area contributed by atoms with E-state index in [0.717, 1.165) is 10.8 Å². The van der Waals surface area contributed by atoms with Gasteiger partial charge in [0, 0.05) is 28.6 Å². The van der Waals surface area contributed by atoms with Crippen LogP contribution in [0.2, 0.25) is 5.02 Å². The Hall–Kier alpha value is -3.20. The van der Waals surface area contributed by atoms with Gasteiger partial charge in [0.2, 0.25) is 10.0 Å². The van der Waals surface area contributed by atoms with Crippen molar-refractivity contribution in [3.05, 3.63) is 87.7 Å². The molecule has 0 aliphatic rings. The van der Waals surface area contributed by atoms with Gasteiger partial charge in [-0.15, -0.1) is 0 Å². The maximum absolute atomic E-state index is 12.3. The molecule has 0 radical (unpaired) electrons. The summed E-state index contributed by atoms with van der Waals surface area (Å²) in [5.74, 6) is -0.611. The van der Waals surface area contributed by atoms with Crippen LogP contribution in [0.5, 0.6) is 0 Å². The fourth-order valence-electron chi connectivity index (χ4n) is 3.37. The van der Waals surface area contributed by atoms with Gasteiger partial charge in [0.15, 0.2) is 0 Å². The van der Waals surface area contributed by atoms with E-state index in [4.69, 9.17) is 20.8 Å². The summed E-state index contributed by atoms with van der Waals surface area (Å²) in [6, 6.07) is 18.3. The first kappa shape index (κ1) is 22.0. The van der Waals surface area contributed by atoms with Gasteiger partial charge in [-0.2, -0.15) is 0 Å². The first-order valence-electron chi connectivity index (χ1n) is 9.69. The van der Waals surface area contributed by atoms with Gasteiger partial charge >= 0.3 is 11.6 Å². The van der Waals surface area contributed by atoms with Crippen molar-refractivity contribution < 1.29 is 22.4 Å². The average Bonchev–Trinajstić information content (AvgIpc) is 2.77. The molecule has 164 valence electrons. The first-order chi connectivity index (χ1) is 15.3. The molecule has 0 saturated heterocycles. The summed E-state index contributed by atoms with van der Waals surface area (Å²) < 4.78 is 37.5. The van der Waals surface area contributed by atoms with Gasteiger partial charge < -0.3 is 9.15 Å². The van der Waals surface area contributed by atoms with Crippen LogP contribution in [0.25, 0.3) is 21.7 Å². The van der Waals surface area contributed by atoms with Crippen LogP contribution < -0.4 is 10.3 Å². The van der Waals surface area contributed by atoms with Gasteiger partial charge in [-0.05, 0) is 35.0 Å². The summed E-state index contributed by atoms with van der Waals surface area (Å²) in [5, 5.41) is 2.81. The largest absolute Gasteiger partial charge is 0.461 e. The minimum absolute atomic E-state index is 0.00715. The van der Waals surface area contributed by atoms with Crippen molar-refractivity contribution in [2.24, 2.45) is 0 Å². The summed E-state index contributed by atoms with van der Waals surface area (Å²) in [6.45, 7) is -0.287. The van der Waals surface area contributed by atoms with Crippen LogP contribution in [0.4, 0.5) is 0 Å². The number of benzene rings is 3. The smallest absolute Gasteiger partial charge is 0.336 e. The fourth-order valence-corrected chi connectivity index (χ4v) is 4.70. The Morgan fingerprint density at radius 1 is 1.03 bits per heavy atom. The molecule has 0 unspecified atom stereocenters. The Labute approximate surface area is 188 Å². The van der Waals surface area contributed by atoms with E-state index in [-0.39, 0.29) is 24.5 Å². The Morgan fingerprint density at radius 2 is 1.84 bits per heavy atom. The highest BCUT2D eigenvalue weighted by Crippen LogP contribution is 2.27. The number of sulfonamides is 1. The van der Waals surface area contributed by atoms with Gasteiger partial charge in [-0.1, -0.05) is 48.0 Å². The predicted molar refractivity (Wildman–Crippen MR) is 121 cm³/mol. The van der Waals surface area contributed by atoms with Gasteiger partial charge in [-0.3, -0.25) is 4.79 Å². The molecule has 0 aliphatic heterocycles. The summed E-state index contributed by atoms with van der Waals surface area (Å²) in [5.41, 5.74) is 0.366. The second-order valence-electron chi connectivity index (χ2n) is 7.02. The van der Waals surface area contributed by atoms with Gasteiger partial charge in [-0.25, -0.2) is 17.9 Å². The monoisotopic (exact) mass is 471 g/mol. The van der Waals surface area contributed by atoms with E-state index < -0.39 is 21.6 Å². The molecule has 4 rings (SSSR count). The molecule has 9 heteroatoms. The predicted octanol–water partition coefficient (Wildman–Crippen LogP) is 4.01. The van der Waals surface area contributed by atoms with E-state index in [1.54, 1.807) is 12.1 Å². The Balaban J connectivity index is 1.44. The number of esters is 1. The molecule has 0 aliphatic carbocycles. The second kappa shape index (κ2) is 9.12.